The first-order valence-electron chi connectivity index (χ1n) is 10.1. The maximum absolute atomic E-state index is 13.3. The van der Waals surface area contributed by atoms with Crippen molar-refractivity contribution in [2.75, 3.05) is 0 Å². The molecule has 2 aromatic carbocycles. The third-order valence-electron chi connectivity index (χ3n) is 5.70. The average Bonchev–Trinajstić information content (AvgIpc) is 3.16. The highest BCUT2D eigenvalue weighted by molar-refractivity contribution is 7.89. The minimum Gasteiger partial charge on any atom is -0.489 e. The molecule has 0 N–H and O–H groups in total. The zero-order chi connectivity index (χ0) is 21.1. The van der Waals surface area contributed by atoms with Crippen LogP contribution >= 0.6 is 0 Å². The van der Waals surface area contributed by atoms with E-state index < -0.39 is 15.3 Å². The van der Waals surface area contributed by atoms with E-state index in [9.17, 15) is 8.42 Å². The lowest BCUT2D eigenvalue weighted by Crippen LogP contribution is -2.44. The summed E-state index contributed by atoms with van der Waals surface area (Å²) in [4.78, 5) is 0. The molecule has 7 heteroatoms. The maximum Gasteiger partial charge on any atom is 0.221 e. The van der Waals surface area contributed by atoms with Gasteiger partial charge in [-0.25, -0.2) is 8.42 Å². The van der Waals surface area contributed by atoms with Crippen molar-refractivity contribution in [3.05, 3.63) is 83.2 Å². The molecule has 6 nitrogen and oxygen atoms in total. The lowest BCUT2D eigenvalue weighted by atomic mass is 10.0. The number of hydrogen-bond donors (Lipinski definition) is 0. The molecule has 0 spiro atoms. The highest BCUT2D eigenvalue weighted by Crippen LogP contribution is 2.38. The molecule has 0 radical (unpaired) electrons. The molecule has 30 heavy (non-hydrogen) atoms. The Morgan fingerprint density at radius 1 is 1.10 bits per heavy atom. The number of nitrogens with zero attached hydrogens (tertiary/aromatic N) is 2. The van der Waals surface area contributed by atoms with Gasteiger partial charge in [-0.2, -0.15) is 4.31 Å². The monoisotopic (exact) mass is 426 g/mol. The van der Waals surface area contributed by atoms with Crippen molar-refractivity contribution in [3.8, 4) is 5.75 Å². The molecular weight excluding hydrogens is 400 g/mol. The fraction of sp³-hybridized carbons (Fsp3) is 0.348. The minimum absolute atomic E-state index is 0.0255. The van der Waals surface area contributed by atoms with E-state index in [4.69, 9.17) is 9.26 Å². The molecule has 4 rings (SSSR count). The van der Waals surface area contributed by atoms with E-state index in [1.165, 1.54) is 0 Å². The Kier molecular flexibility index (Phi) is 5.92. The lowest BCUT2D eigenvalue weighted by Gasteiger charge is -2.37. The second-order valence-electron chi connectivity index (χ2n) is 7.76. The molecule has 0 saturated carbocycles. The Hall–Kier alpha value is -2.64. The van der Waals surface area contributed by atoms with Crippen molar-refractivity contribution in [2.24, 2.45) is 0 Å². The lowest BCUT2D eigenvalue weighted by molar-refractivity contribution is 0.281. The van der Waals surface area contributed by atoms with Gasteiger partial charge < -0.3 is 9.26 Å². The topological polar surface area (TPSA) is 72.6 Å². The van der Waals surface area contributed by atoms with Gasteiger partial charge >= 0.3 is 0 Å². The summed E-state index contributed by atoms with van der Waals surface area (Å²) < 4.78 is 39.2. The van der Waals surface area contributed by atoms with Gasteiger partial charge in [0.2, 0.25) is 10.0 Å². The van der Waals surface area contributed by atoms with Crippen LogP contribution in [0.1, 0.15) is 47.5 Å². The molecule has 0 bridgehead atoms. The van der Waals surface area contributed by atoms with E-state index in [0.29, 0.717) is 19.6 Å². The molecule has 2 atom stereocenters. The standard InChI is InChI=1S/C23H26N2O4S/c1-17-8-13-23(20-6-4-3-5-7-20)30(26,27)25(17)15-19-9-11-22(12-10-19)28-16-21-14-24-29-18(21)2/h3-7,9-12,14,17,23H,8,13,15-16H2,1-2H3/t17-,23?/m0/s1. The van der Waals surface area contributed by atoms with Crippen LogP contribution in [0, 0.1) is 6.92 Å². The number of ether oxygens (including phenoxy) is 1. The first-order valence-corrected chi connectivity index (χ1v) is 11.6. The first-order chi connectivity index (χ1) is 14.4. The van der Waals surface area contributed by atoms with Crippen molar-refractivity contribution in [3.63, 3.8) is 0 Å². The third-order valence-corrected chi connectivity index (χ3v) is 8.07. The van der Waals surface area contributed by atoms with Crippen LogP contribution in [0.4, 0.5) is 0 Å². The van der Waals surface area contributed by atoms with Crippen molar-refractivity contribution in [1.82, 2.24) is 9.46 Å². The van der Waals surface area contributed by atoms with Gasteiger partial charge in [-0.15, -0.1) is 0 Å². The smallest absolute Gasteiger partial charge is 0.221 e. The van der Waals surface area contributed by atoms with Crippen molar-refractivity contribution in [2.45, 2.75) is 51.1 Å². The van der Waals surface area contributed by atoms with E-state index in [0.717, 1.165) is 34.6 Å². The quantitative estimate of drug-likeness (QED) is 0.575. The SMILES string of the molecule is Cc1oncc1COc1ccc(CN2[C@@H](C)CCC(c3ccccc3)S2(=O)=O)cc1. The van der Waals surface area contributed by atoms with Crippen LogP contribution in [0.3, 0.4) is 0 Å². The van der Waals surface area contributed by atoms with Crippen molar-refractivity contribution < 1.29 is 17.7 Å². The molecule has 1 aromatic heterocycles. The van der Waals surface area contributed by atoms with Gasteiger partial charge in [-0.05, 0) is 49.9 Å². The summed E-state index contributed by atoms with van der Waals surface area (Å²) in [5, 5.41) is 3.26. The maximum atomic E-state index is 13.3. The Labute approximate surface area is 177 Å². The second kappa shape index (κ2) is 8.62. The fourth-order valence-electron chi connectivity index (χ4n) is 3.84. The normalized spacial score (nSPS) is 21.4. The number of sulfonamides is 1. The van der Waals surface area contributed by atoms with Crippen LogP contribution in [-0.2, 0) is 23.2 Å². The predicted octanol–water partition coefficient (Wildman–Crippen LogP) is 4.62. The predicted molar refractivity (Wildman–Crippen MR) is 114 cm³/mol. The molecule has 0 amide bonds. The first kappa shape index (κ1) is 20.6. The summed E-state index contributed by atoms with van der Waals surface area (Å²) in [5.41, 5.74) is 2.70. The molecule has 1 saturated heterocycles. The van der Waals surface area contributed by atoms with E-state index in [1.807, 2.05) is 68.4 Å². The fourth-order valence-corrected chi connectivity index (χ4v) is 6.04. The summed E-state index contributed by atoms with van der Waals surface area (Å²) in [5.74, 6) is 1.46. The summed E-state index contributed by atoms with van der Waals surface area (Å²) in [6, 6.07) is 17.1. The summed E-state index contributed by atoms with van der Waals surface area (Å²) in [6.07, 6.45) is 3.15. The zero-order valence-electron chi connectivity index (χ0n) is 17.2. The van der Waals surface area contributed by atoms with Gasteiger partial charge in [0.25, 0.3) is 0 Å². The number of rotatable bonds is 6. The molecule has 1 aliphatic heterocycles. The van der Waals surface area contributed by atoms with Crippen molar-refractivity contribution >= 4 is 10.0 Å². The minimum atomic E-state index is -3.43. The van der Waals surface area contributed by atoms with Gasteiger partial charge in [0, 0.05) is 12.6 Å². The van der Waals surface area contributed by atoms with Crippen LogP contribution in [0.5, 0.6) is 5.75 Å². The van der Waals surface area contributed by atoms with Gasteiger partial charge in [-0.3, -0.25) is 0 Å². The van der Waals surface area contributed by atoms with E-state index in [2.05, 4.69) is 5.16 Å². The van der Waals surface area contributed by atoms with Gasteiger partial charge in [0.1, 0.15) is 23.4 Å². The van der Waals surface area contributed by atoms with E-state index in [-0.39, 0.29) is 6.04 Å². The molecule has 3 aromatic rings. The van der Waals surface area contributed by atoms with E-state index >= 15 is 0 Å². The van der Waals surface area contributed by atoms with Crippen LogP contribution in [-0.4, -0.2) is 23.9 Å². The summed E-state index contributed by atoms with van der Waals surface area (Å²) in [6.45, 7) is 4.57. The molecule has 1 aliphatic rings. The van der Waals surface area contributed by atoms with E-state index in [1.54, 1.807) is 10.5 Å². The Balaban J connectivity index is 1.46. The largest absolute Gasteiger partial charge is 0.489 e. The molecular formula is C23H26N2O4S. The Morgan fingerprint density at radius 3 is 2.50 bits per heavy atom. The molecule has 0 aliphatic carbocycles. The van der Waals surface area contributed by atoms with Crippen LogP contribution < -0.4 is 4.74 Å². The van der Waals surface area contributed by atoms with Crippen molar-refractivity contribution in [1.29, 1.82) is 0 Å². The van der Waals surface area contributed by atoms with Gasteiger partial charge in [0.05, 0.1) is 11.8 Å². The molecule has 1 unspecified atom stereocenters. The van der Waals surface area contributed by atoms with Crippen LogP contribution in [0.25, 0.3) is 0 Å². The molecule has 1 fully saturated rings. The van der Waals surface area contributed by atoms with Gasteiger partial charge in [0.15, 0.2) is 0 Å². The highest BCUT2D eigenvalue weighted by atomic mass is 32.2. The van der Waals surface area contributed by atoms with Gasteiger partial charge in [-0.1, -0.05) is 47.6 Å². The number of benzene rings is 2. The number of aryl methyl sites for hydroxylation is 1. The summed E-state index contributed by atoms with van der Waals surface area (Å²) in [7, 11) is -3.43. The highest BCUT2D eigenvalue weighted by Gasteiger charge is 2.40. The number of aromatic nitrogens is 1. The second-order valence-corrected chi connectivity index (χ2v) is 9.82. The Morgan fingerprint density at radius 2 is 1.83 bits per heavy atom. The van der Waals surface area contributed by atoms with Crippen LogP contribution in [0.2, 0.25) is 0 Å². The summed E-state index contributed by atoms with van der Waals surface area (Å²) >= 11 is 0. The van der Waals surface area contributed by atoms with Crippen LogP contribution in [0.15, 0.2) is 65.3 Å². The third kappa shape index (κ3) is 4.27. The Bertz CT molecular complexity index is 1080. The molecule has 158 valence electrons. The zero-order valence-corrected chi connectivity index (χ0v) is 18.0. The number of hydrogen-bond acceptors (Lipinski definition) is 5. The average molecular weight is 427 g/mol. The molecule has 2 heterocycles.